The summed E-state index contributed by atoms with van der Waals surface area (Å²) in [6.07, 6.45) is 4.86. The van der Waals surface area contributed by atoms with Gasteiger partial charge in [-0.25, -0.2) is 5.43 Å². The van der Waals surface area contributed by atoms with E-state index in [1.807, 2.05) is 0 Å². The van der Waals surface area contributed by atoms with Crippen molar-refractivity contribution in [1.29, 1.82) is 0 Å². The maximum absolute atomic E-state index is 11.9. The zero-order valence-corrected chi connectivity index (χ0v) is 13.2. The van der Waals surface area contributed by atoms with E-state index in [1.54, 1.807) is 12.3 Å². The van der Waals surface area contributed by atoms with Gasteiger partial charge < -0.3 is 4.98 Å². The van der Waals surface area contributed by atoms with E-state index >= 15 is 0 Å². The van der Waals surface area contributed by atoms with Crippen molar-refractivity contribution in [2.24, 2.45) is 16.4 Å². The minimum atomic E-state index is -0.200. The number of hydrogen-bond acceptors (Lipinski definition) is 2. The largest absolute Gasteiger partial charge is 0.356 e. The molecular formula is C14H20BrN3O. The molecule has 0 radical (unpaired) electrons. The summed E-state index contributed by atoms with van der Waals surface area (Å²) in [5, 5.41) is 4.30. The Labute approximate surface area is 122 Å². The molecular weight excluding hydrogens is 306 g/mol. The van der Waals surface area contributed by atoms with E-state index in [1.165, 1.54) is 6.42 Å². The first kappa shape index (κ1) is 14.3. The smallest absolute Gasteiger partial charge is 0.287 e. The average Bonchev–Trinajstić information content (AvgIpc) is 2.70. The molecule has 2 rings (SSSR count). The number of amides is 1. The van der Waals surface area contributed by atoms with Crippen LogP contribution >= 0.6 is 15.9 Å². The third-order valence-corrected chi connectivity index (χ3v) is 3.83. The summed E-state index contributed by atoms with van der Waals surface area (Å²) in [6, 6.07) is 1.74. The summed E-state index contributed by atoms with van der Waals surface area (Å²) in [5.41, 5.74) is 4.51. The van der Waals surface area contributed by atoms with E-state index < -0.39 is 0 Å². The van der Waals surface area contributed by atoms with Gasteiger partial charge in [0.25, 0.3) is 5.91 Å². The van der Waals surface area contributed by atoms with Gasteiger partial charge >= 0.3 is 0 Å². The standard InChI is InChI=1S/C14H20BrN3O/c1-9-4-11(7-14(2,3)6-9)17-18-13(19)12-5-10(15)8-16-12/h5,8-9,16H,4,6-7H2,1-3H3,(H,18,19)/b17-11+/t9-/m1/s1. The Bertz CT molecular complexity index is 505. The number of carbonyl (C=O) groups excluding carboxylic acids is 1. The zero-order valence-electron chi connectivity index (χ0n) is 11.6. The molecule has 0 bridgehead atoms. The molecule has 1 aliphatic carbocycles. The fourth-order valence-electron chi connectivity index (χ4n) is 2.89. The first-order valence-electron chi connectivity index (χ1n) is 6.55. The summed E-state index contributed by atoms with van der Waals surface area (Å²) in [4.78, 5) is 14.8. The molecule has 0 unspecified atom stereocenters. The zero-order chi connectivity index (χ0) is 14.0. The average molecular weight is 326 g/mol. The molecule has 1 fully saturated rings. The van der Waals surface area contributed by atoms with E-state index in [-0.39, 0.29) is 11.3 Å². The second-order valence-corrected chi connectivity index (χ2v) is 7.12. The number of halogens is 1. The molecule has 1 aromatic heterocycles. The van der Waals surface area contributed by atoms with Crippen LogP contribution in [0.5, 0.6) is 0 Å². The number of carbonyl (C=O) groups is 1. The fourth-order valence-corrected chi connectivity index (χ4v) is 3.23. The van der Waals surface area contributed by atoms with Crippen LogP contribution in [0.4, 0.5) is 0 Å². The number of H-pyrrole nitrogens is 1. The van der Waals surface area contributed by atoms with Gasteiger partial charge in [0.2, 0.25) is 0 Å². The highest BCUT2D eigenvalue weighted by atomic mass is 79.9. The van der Waals surface area contributed by atoms with Gasteiger partial charge in [-0.1, -0.05) is 20.8 Å². The molecule has 5 heteroatoms. The predicted octanol–water partition coefficient (Wildman–Crippen LogP) is 3.71. The Morgan fingerprint density at radius 3 is 2.89 bits per heavy atom. The van der Waals surface area contributed by atoms with Crippen LogP contribution in [0.1, 0.15) is 50.5 Å². The van der Waals surface area contributed by atoms with E-state index in [0.29, 0.717) is 11.6 Å². The van der Waals surface area contributed by atoms with E-state index in [2.05, 4.69) is 52.2 Å². The molecule has 104 valence electrons. The molecule has 0 saturated heterocycles. The molecule has 0 aliphatic heterocycles. The first-order chi connectivity index (χ1) is 8.85. The summed E-state index contributed by atoms with van der Waals surface area (Å²) < 4.78 is 0.859. The number of nitrogens with one attached hydrogen (secondary N) is 2. The molecule has 0 aromatic carbocycles. The Morgan fingerprint density at radius 2 is 2.32 bits per heavy atom. The van der Waals surface area contributed by atoms with Crippen molar-refractivity contribution in [1.82, 2.24) is 10.4 Å². The van der Waals surface area contributed by atoms with Crippen molar-refractivity contribution in [3.8, 4) is 0 Å². The van der Waals surface area contributed by atoms with Gasteiger partial charge in [0.1, 0.15) is 5.69 Å². The molecule has 2 N–H and O–H groups in total. The van der Waals surface area contributed by atoms with Gasteiger partial charge in [0, 0.05) is 16.4 Å². The van der Waals surface area contributed by atoms with Gasteiger partial charge in [0.05, 0.1) is 0 Å². The van der Waals surface area contributed by atoms with Crippen LogP contribution < -0.4 is 5.43 Å². The van der Waals surface area contributed by atoms with E-state index in [0.717, 1.165) is 23.0 Å². The van der Waals surface area contributed by atoms with Crippen molar-refractivity contribution in [3.63, 3.8) is 0 Å². The number of rotatable bonds is 2. The molecule has 0 spiro atoms. The van der Waals surface area contributed by atoms with Crippen LogP contribution in [0.3, 0.4) is 0 Å². The maximum Gasteiger partial charge on any atom is 0.287 e. The number of hydrazone groups is 1. The summed E-state index contributed by atoms with van der Waals surface area (Å²) in [5.74, 6) is 0.424. The fraction of sp³-hybridized carbons (Fsp3) is 0.571. The van der Waals surface area contributed by atoms with Gasteiger partial charge in [-0.15, -0.1) is 0 Å². The highest BCUT2D eigenvalue weighted by Crippen LogP contribution is 2.36. The lowest BCUT2D eigenvalue weighted by Gasteiger charge is -2.34. The van der Waals surface area contributed by atoms with Crippen molar-refractivity contribution >= 4 is 27.5 Å². The second kappa shape index (κ2) is 5.49. The lowest BCUT2D eigenvalue weighted by molar-refractivity contribution is 0.0949. The van der Waals surface area contributed by atoms with E-state index in [4.69, 9.17) is 0 Å². The van der Waals surface area contributed by atoms with Gasteiger partial charge in [-0.05, 0) is 52.6 Å². The van der Waals surface area contributed by atoms with Crippen molar-refractivity contribution < 1.29 is 4.79 Å². The van der Waals surface area contributed by atoms with Crippen LogP contribution in [0.2, 0.25) is 0 Å². The monoisotopic (exact) mass is 325 g/mol. The Hall–Kier alpha value is -1.10. The van der Waals surface area contributed by atoms with Crippen LogP contribution in [-0.2, 0) is 0 Å². The number of aromatic amines is 1. The summed E-state index contributed by atoms with van der Waals surface area (Å²) in [7, 11) is 0. The molecule has 1 amide bonds. The normalized spacial score (nSPS) is 24.4. The Morgan fingerprint density at radius 1 is 1.58 bits per heavy atom. The molecule has 4 nitrogen and oxygen atoms in total. The van der Waals surface area contributed by atoms with Crippen molar-refractivity contribution in [2.75, 3.05) is 0 Å². The molecule has 1 aliphatic rings. The predicted molar refractivity (Wildman–Crippen MR) is 80.2 cm³/mol. The minimum absolute atomic E-state index is 0.200. The quantitative estimate of drug-likeness (QED) is 0.800. The van der Waals surface area contributed by atoms with Crippen LogP contribution in [0.15, 0.2) is 21.8 Å². The van der Waals surface area contributed by atoms with E-state index in [9.17, 15) is 4.79 Å². The molecule has 1 heterocycles. The lowest BCUT2D eigenvalue weighted by atomic mass is 9.72. The van der Waals surface area contributed by atoms with Gasteiger partial charge in [0.15, 0.2) is 0 Å². The minimum Gasteiger partial charge on any atom is -0.356 e. The van der Waals surface area contributed by atoms with Crippen molar-refractivity contribution in [3.05, 3.63) is 22.4 Å². The summed E-state index contributed by atoms with van der Waals surface area (Å²) >= 11 is 3.30. The van der Waals surface area contributed by atoms with Crippen LogP contribution in [0.25, 0.3) is 0 Å². The highest BCUT2D eigenvalue weighted by Gasteiger charge is 2.29. The van der Waals surface area contributed by atoms with Gasteiger partial charge in [-0.2, -0.15) is 5.10 Å². The second-order valence-electron chi connectivity index (χ2n) is 6.20. The maximum atomic E-state index is 11.9. The Kier molecular flexibility index (Phi) is 4.13. The van der Waals surface area contributed by atoms with Crippen molar-refractivity contribution in [2.45, 2.75) is 40.0 Å². The van der Waals surface area contributed by atoms with Crippen LogP contribution in [0, 0.1) is 11.3 Å². The SMILES string of the molecule is C[C@@H]1C/C(=N\NC(=O)c2cc(Br)c[nH]2)CC(C)(C)C1. The number of aromatic nitrogens is 1. The molecule has 19 heavy (non-hydrogen) atoms. The van der Waals surface area contributed by atoms with Crippen LogP contribution in [-0.4, -0.2) is 16.6 Å². The topological polar surface area (TPSA) is 57.2 Å². The molecule has 1 saturated carbocycles. The molecule has 1 aromatic rings. The molecule has 1 atom stereocenters. The van der Waals surface area contributed by atoms with Gasteiger partial charge in [-0.3, -0.25) is 4.79 Å². The Balaban J connectivity index is 2.00. The third-order valence-electron chi connectivity index (χ3n) is 3.38. The number of hydrogen-bond donors (Lipinski definition) is 2. The third kappa shape index (κ3) is 3.93. The first-order valence-corrected chi connectivity index (χ1v) is 7.35. The number of nitrogens with zero attached hydrogens (tertiary/aromatic N) is 1. The highest BCUT2D eigenvalue weighted by molar-refractivity contribution is 9.10. The summed E-state index contributed by atoms with van der Waals surface area (Å²) in [6.45, 7) is 6.74. The lowest BCUT2D eigenvalue weighted by Crippen LogP contribution is -2.30.